The van der Waals surface area contributed by atoms with Crippen molar-refractivity contribution in [3.05, 3.63) is 52.0 Å². The molecule has 4 heteroatoms. The van der Waals surface area contributed by atoms with Gasteiger partial charge in [-0.3, -0.25) is 0 Å². The van der Waals surface area contributed by atoms with E-state index in [1.165, 1.54) is 5.56 Å². The zero-order valence-electron chi connectivity index (χ0n) is 10.0. The van der Waals surface area contributed by atoms with Gasteiger partial charge in [-0.2, -0.15) is 0 Å². The highest BCUT2D eigenvalue weighted by molar-refractivity contribution is 9.10. The van der Waals surface area contributed by atoms with E-state index < -0.39 is 0 Å². The Morgan fingerprint density at radius 2 is 2.18 bits per heavy atom. The normalized spacial score (nSPS) is 12.7. The van der Waals surface area contributed by atoms with Gasteiger partial charge in [0.25, 0.3) is 0 Å². The Bertz CT molecular complexity index is 499. The van der Waals surface area contributed by atoms with Crippen molar-refractivity contribution in [3.8, 4) is 0 Å². The third kappa shape index (κ3) is 2.58. The molecule has 0 bridgehead atoms. The van der Waals surface area contributed by atoms with Crippen LogP contribution in [0.2, 0.25) is 0 Å². The maximum atomic E-state index is 6.27. The lowest BCUT2D eigenvalue weighted by molar-refractivity contribution is 0.656. The Hall–Kier alpha value is -1.13. The third-order valence-electron chi connectivity index (χ3n) is 2.79. The second-order valence-electron chi connectivity index (χ2n) is 4.11. The maximum absolute atomic E-state index is 6.27. The average Bonchev–Trinajstić information content (AvgIpc) is 2.74. The number of hydrogen-bond acceptors (Lipinski definition) is 2. The molecular weight excluding hydrogens is 278 g/mol. The van der Waals surface area contributed by atoms with Crippen LogP contribution in [-0.4, -0.2) is 9.55 Å². The molecule has 1 aromatic carbocycles. The number of hydrogen-bond donors (Lipinski definition) is 1. The molecule has 0 aliphatic rings. The van der Waals surface area contributed by atoms with Gasteiger partial charge in [-0.25, -0.2) is 4.98 Å². The van der Waals surface area contributed by atoms with E-state index in [1.54, 1.807) is 6.20 Å². The molecule has 1 unspecified atom stereocenters. The van der Waals surface area contributed by atoms with Crippen LogP contribution in [-0.2, 0) is 6.54 Å². The monoisotopic (exact) mass is 293 g/mol. The van der Waals surface area contributed by atoms with Crippen molar-refractivity contribution in [1.29, 1.82) is 0 Å². The zero-order chi connectivity index (χ0) is 12.4. The standard InChI is InChI=1S/C13H16BrN3/c1-3-17-5-4-16-13(17)12(15)10-6-9(2)7-11(14)8-10/h4-8,12H,3,15H2,1-2H3. The number of nitrogens with zero attached hydrogens (tertiary/aromatic N) is 2. The van der Waals surface area contributed by atoms with Crippen LogP contribution in [0, 0.1) is 6.92 Å². The Balaban J connectivity index is 2.39. The summed E-state index contributed by atoms with van der Waals surface area (Å²) < 4.78 is 3.12. The van der Waals surface area contributed by atoms with Crippen molar-refractivity contribution in [2.75, 3.05) is 0 Å². The molecule has 2 aromatic rings. The van der Waals surface area contributed by atoms with Gasteiger partial charge < -0.3 is 10.3 Å². The number of aromatic nitrogens is 2. The molecule has 0 saturated carbocycles. The molecule has 0 spiro atoms. The molecule has 1 atom stereocenters. The Labute approximate surface area is 110 Å². The summed E-state index contributed by atoms with van der Waals surface area (Å²) in [6, 6.07) is 6.04. The molecule has 1 heterocycles. The van der Waals surface area contributed by atoms with Crippen molar-refractivity contribution < 1.29 is 0 Å². The number of aryl methyl sites for hydroxylation is 2. The van der Waals surface area contributed by atoms with E-state index in [0.29, 0.717) is 0 Å². The third-order valence-corrected chi connectivity index (χ3v) is 3.25. The van der Waals surface area contributed by atoms with Gasteiger partial charge in [0.05, 0.1) is 6.04 Å². The van der Waals surface area contributed by atoms with E-state index in [4.69, 9.17) is 5.73 Å². The van der Waals surface area contributed by atoms with Crippen molar-refractivity contribution >= 4 is 15.9 Å². The smallest absolute Gasteiger partial charge is 0.130 e. The van der Waals surface area contributed by atoms with E-state index in [1.807, 2.05) is 12.3 Å². The van der Waals surface area contributed by atoms with Crippen LogP contribution in [0.1, 0.15) is 29.9 Å². The summed E-state index contributed by atoms with van der Waals surface area (Å²) in [6.45, 7) is 5.04. The molecule has 0 aliphatic heterocycles. The van der Waals surface area contributed by atoms with Crippen LogP contribution in [0.15, 0.2) is 35.1 Å². The summed E-state index contributed by atoms with van der Waals surface area (Å²) in [5.74, 6) is 0.907. The molecule has 2 N–H and O–H groups in total. The minimum Gasteiger partial charge on any atom is -0.334 e. The molecule has 2 rings (SSSR count). The van der Waals surface area contributed by atoms with E-state index in [9.17, 15) is 0 Å². The molecule has 0 aliphatic carbocycles. The van der Waals surface area contributed by atoms with Crippen LogP contribution in [0.5, 0.6) is 0 Å². The van der Waals surface area contributed by atoms with Crippen LogP contribution < -0.4 is 5.73 Å². The lowest BCUT2D eigenvalue weighted by atomic mass is 10.0. The van der Waals surface area contributed by atoms with Gasteiger partial charge in [-0.1, -0.05) is 22.0 Å². The Morgan fingerprint density at radius 1 is 1.41 bits per heavy atom. The van der Waals surface area contributed by atoms with Crippen LogP contribution >= 0.6 is 15.9 Å². The van der Waals surface area contributed by atoms with Gasteiger partial charge in [0, 0.05) is 23.4 Å². The van der Waals surface area contributed by atoms with Crippen molar-refractivity contribution in [2.45, 2.75) is 26.4 Å². The minimum atomic E-state index is -0.179. The number of nitrogens with two attached hydrogens (primary N) is 1. The molecular formula is C13H16BrN3. The summed E-state index contributed by atoms with van der Waals surface area (Å²) in [7, 11) is 0. The van der Waals surface area contributed by atoms with Gasteiger partial charge >= 0.3 is 0 Å². The summed E-state index contributed by atoms with van der Waals surface area (Å²) in [6.07, 6.45) is 3.75. The molecule has 0 saturated heterocycles. The van der Waals surface area contributed by atoms with E-state index >= 15 is 0 Å². The lowest BCUT2D eigenvalue weighted by Crippen LogP contribution is -2.17. The van der Waals surface area contributed by atoms with Crippen molar-refractivity contribution in [3.63, 3.8) is 0 Å². The fourth-order valence-electron chi connectivity index (χ4n) is 1.96. The van der Waals surface area contributed by atoms with Gasteiger partial charge in [0.15, 0.2) is 0 Å². The molecule has 3 nitrogen and oxygen atoms in total. The first-order valence-corrected chi connectivity index (χ1v) is 6.44. The van der Waals surface area contributed by atoms with Crippen LogP contribution in [0.4, 0.5) is 0 Å². The first-order chi connectivity index (χ1) is 8.11. The number of rotatable bonds is 3. The van der Waals surface area contributed by atoms with E-state index in [-0.39, 0.29) is 6.04 Å². The summed E-state index contributed by atoms with van der Waals surface area (Å²) in [5, 5.41) is 0. The number of benzene rings is 1. The average molecular weight is 294 g/mol. The Kier molecular flexibility index (Phi) is 3.64. The van der Waals surface area contributed by atoms with Crippen LogP contribution in [0.25, 0.3) is 0 Å². The fourth-order valence-corrected chi connectivity index (χ4v) is 2.59. The second kappa shape index (κ2) is 5.02. The SMILES string of the molecule is CCn1ccnc1C(N)c1cc(C)cc(Br)c1. The first-order valence-electron chi connectivity index (χ1n) is 5.65. The van der Waals surface area contributed by atoms with Gasteiger partial charge in [0.1, 0.15) is 5.82 Å². The summed E-state index contributed by atoms with van der Waals surface area (Å²) in [5.41, 5.74) is 8.55. The van der Waals surface area contributed by atoms with E-state index in [0.717, 1.165) is 22.4 Å². The van der Waals surface area contributed by atoms with Gasteiger partial charge in [-0.15, -0.1) is 0 Å². The Morgan fingerprint density at radius 3 is 2.82 bits per heavy atom. The minimum absolute atomic E-state index is 0.179. The molecule has 90 valence electrons. The van der Waals surface area contributed by atoms with Gasteiger partial charge in [-0.05, 0) is 37.1 Å². The number of imidazole rings is 1. The zero-order valence-corrected chi connectivity index (χ0v) is 11.6. The molecule has 0 amide bonds. The molecule has 17 heavy (non-hydrogen) atoms. The highest BCUT2D eigenvalue weighted by Crippen LogP contribution is 2.23. The van der Waals surface area contributed by atoms with E-state index in [2.05, 4.69) is 51.5 Å². The lowest BCUT2D eigenvalue weighted by Gasteiger charge is -2.14. The largest absolute Gasteiger partial charge is 0.334 e. The predicted octanol–water partition coefficient (Wildman–Crippen LogP) is 3.02. The first kappa shape index (κ1) is 12.3. The maximum Gasteiger partial charge on any atom is 0.130 e. The highest BCUT2D eigenvalue weighted by atomic mass is 79.9. The molecule has 0 radical (unpaired) electrons. The van der Waals surface area contributed by atoms with Gasteiger partial charge in [0.2, 0.25) is 0 Å². The quantitative estimate of drug-likeness (QED) is 0.945. The second-order valence-corrected chi connectivity index (χ2v) is 5.03. The van der Waals surface area contributed by atoms with Crippen molar-refractivity contribution in [2.24, 2.45) is 5.73 Å². The summed E-state index contributed by atoms with van der Waals surface area (Å²) >= 11 is 3.50. The fraction of sp³-hybridized carbons (Fsp3) is 0.308. The highest BCUT2D eigenvalue weighted by Gasteiger charge is 2.14. The molecule has 1 aromatic heterocycles. The topological polar surface area (TPSA) is 43.8 Å². The van der Waals surface area contributed by atoms with Crippen LogP contribution in [0.3, 0.4) is 0 Å². The number of halogens is 1. The predicted molar refractivity (Wildman–Crippen MR) is 72.8 cm³/mol. The molecule has 0 fully saturated rings. The van der Waals surface area contributed by atoms with Crippen molar-refractivity contribution in [1.82, 2.24) is 9.55 Å². The summed E-state index contributed by atoms with van der Waals surface area (Å²) in [4.78, 5) is 4.35.